The van der Waals surface area contributed by atoms with Crippen molar-refractivity contribution < 1.29 is 19.1 Å². The van der Waals surface area contributed by atoms with E-state index in [0.29, 0.717) is 29.0 Å². The van der Waals surface area contributed by atoms with Gasteiger partial charge in [-0.2, -0.15) is 0 Å². The van der Waals surface area contributed by atoms with Crippen LogP contribution in [0.5, 0.6) is 11.5 Å². The number of methoxy groups -OCH3 is 2. The van der Waals surface area contributed by atoms with E-state index < -0.39 is 0 Å². The second kappa shape index (κ2) is 8.60. The molecule has 4 atom stereocenters. The minimum absolute atomic E-state index is 0. The number of anilines is 1. The lowest BCUT2D eigenvalue weighted by Crippen LogP contribution is -2.46. The van der Waals surface area contributed by atoms with E-state index in [2.05, 4.69) is 10.6 Å². The number of halogens is 1. The smallest absolute Gasteiger partial charge is 0.243 e. The van der Waals surface area contributed by atoms with E-state index in [1.807, 2.05) is 0 Å². The number of benzene rings is 1. The minimum atomic E-state index is -0.305. The fourth-order valence-electron chi connectivity index (χ4n) is 4.09. The molecule has 0 heterocycles. The molecular formula is C18H26ClN3O4. The van der Waals surface area contributed by atoms with Gasteiger partial charge in [0.05, 0.1) is 26.7 Å². The number of hydrogen-bond donors (Lipinski definition) is 3. The van der Waals surface area contributed by atoms with Crippen molar-refractivity contribution in [2.24, 2.45) is 23.5 Å². The zero-order valence-corrected chi connectivity index (χ0v) is 15.8. The third-order valence-corrected chi connectivity index (χ3v) is 5.34. The summed E-state index contributed by atoms with van der Waals surface area (Å²) in [6.45, 7) is -0.0844. The third kappa shape index (κ3) is 4.22. The number of nitrogens with two attached hydrogens (primary N) is 1. The van der Waals surface area contributed by atoms with Gasteiger partial charge in [0.25, 0.3) is 0 Å². The van der Waals surface area contributed by atoms with Crippen LogP contribution in [0.2, 0.25) is 0 Å². The van der Waals surface area contributed by atoms with Crippen molar-refractivity contribution in [1.82, 2.24) is 5.32 Å². The molecule has 2 amide bonds. The number of ether oxygens (including phenoxy) is 2. The predicted molar refractivity (Wildman–Crippen MR) is 101 cm³/mol. The summed E-state index contributed by atoms with van der Waals surface area (Å²) in [6, 6.07) is 5.01. The molecule has 2 saturated carbocycles. The molecule has 0 saturated heterocycles. The number of carbonyl (C=O) groups is 2. The Labute approximate surface area is 159 Å². The Balaban J connectivity index is 0.00000243. The lowest BCUT2D eigenvalue weighted by Gasteiger charge is -2.26. The zero-order valence-electron chi connectivity index (χ0n) is 15.0. The van der Waals surface area contributed by atoms with Gasteiger partial charge in [0.2, 0.25) is 11.8 Å². The molecular weight excluding hydrogens is 358 g/mol. The van der Waals surface area contributed by atoms with Crippen molar-refractivity contribution in [2.45, 2.75) is 25.3 Å². The van der Waals surface area contributed by atoms with Crippen LogP contribution in [-0.4, -0.2) is 38.6 Å². The third-order valence-electron chi connectivity index (χ3n) is 5.34. The molecule has 144 valence electrons. The Morgan fingerprint density at radius 1 is 1.12 bits per heavy atom. The topological polar surface area (TPSA) is 103 Å². The van der Waals surface area contributed by atoms with Gasteiger partial charge in [-0.1, -0.05) is 0 Å². The molecule has 4 unspecified atom stereocenters. The number of nitrogens with one attached hydrogen (secondary N) is 2. The van der Waals surface area contributed by atoms with Crippen LogP contribution in [0.1, 0.15) is 19.3 Å². The summed E-state index contributed by atoms with van der Waals surface area (Å²) < 4.78 is 10.3. The van der Waals surface area contributed by atoms with Crippen LogP contribution in [0.25, 0.3) is 0 Å². The molecule has 4 N–H and O–H groups in total. The van der Waals surface area contributed by atoms with Gasteiger partial charge in [0, 0.05) is 29.9 Å². The molecule has 0 radical (unpaired) electrons. The number of hydrogen-bond acceptors (Lipinski definition) is 5. The summed E-state index contributed by atoms with van der Waals surface area (Å²) >= 11 is 0. The maximum atomic E-state index is 12.4. The van der Waals surface area contributed by atoms with Crippen molar-refractivity contribution in [2.75, 3.05) is 26.1 Å². The fraction of sp³-hybridized carbons (Fsp3) is 0.556. The molecule has 3 rings (SSSR count). The van der Waals surface area contributed by atoms with Gasteiger partial charge in [0.1, 0.15) is 11.5 Å². The minimum Gasteiger partial charge on any atom is -0.497 e. The second-order valence-corrected chi connectivity index (χ2v) is 6.80. The van der Waals surface area contributed by atoms with Crippen LogP contribution in [-0.2, 0) is 9.59 Å². The lowest BCUT2D eigenvalue weighted by atomic mass is 9.84. The SMILES string of the molecule is COc1cc(NC(=O)CNC(=O)C2C3CCC(C3)C2N)cc(OC)c1.Cl. The van der Waals surface area contributed by atoms with E-state index in [1.165, 1.54) is 0 Å². The summed E-state index contributed by atoms with van der Waals surface area (Å²) in [4.78, 5) is 24.5. The van der Waals surface area contributed by atoms with Crippen molar-refractivity contribution in [3.05, 3.63) is 18.2 Å². The first-order chi connectivity index (χ1) is 12.0. The van der Waals surface area contributed by atoms with Crippen molar-refractivity contribution >= 4 is 29.9 Å². The molecule has 1 aromatic rings. The molecule has 0 aliphatic heterocycles. The van der Waals surface area contributed by atoms with Gasteiger partial charge >= 0.3 is 0 Å². The lowest BCUT2D eigenvalue weighted by molar-refractivity contribution is -0.129. The van der Waals surface area contributed by atoms with E-state index in [9.17, 15) is 9.59 Å². The van der Waals surface area contributed by atoms with Crippen LogP contribution < -0.4 is 25.8 Å². The molecule has 0 aromatic heterocycles. The van der Waals surface area contributed by atoms with Gasteiger partial charge < -0.3 is 25.8 Å². The van der Waals surface area contributed by atoms with Crippen LogP contribution in [0.15, 0.2) is 18.2 Å². The van der Waals surface area contributed by atoms with Gasteiger partial charge in [-0.3, -0.25) is 9.59 Å². The largest absolute Gasteiger partial charge is 0.497 e. The highest BCUT2D eigenvalue weighted by Crippen LogP contribution is 2.47. The van der Waals surface area contributed by atoms with Gasteiger partial charge in [-0.25, -0.2) is 0 Å². The van der Waals surface area contributed by atoms with Crippen LogP contribution in [0, 0.1) is 17.8 Å². The average Bonchev–Trinajstić information content (AvgIpc) is 3.20. The summed E-state index contributed by atoms with van der Waals surface area (Å²) in [5.41, 5.74) is 6.72. The van der Waals surface area contributed by atoms with E-state index in [1.54, 1.807) is 32.4 Å². The second-order valence-electron chi connectivity index (χ2n) is 6.80. The molecule has 8 heteroatoms. The van der Waals surface area contributed by atoms with E-state index in [4.69, 9.17) is 15.2 Å². The Morgan fingerprint density at radius 3 is 2.27 bits per heavy atom. The summed E-state index contributed by atoms with van der Waals surface area (Å²) in [5.74, 6) is 1.39. The molecule has 2 aliphatic rings. The number of carbonyl (C=O) groups excluding carboxylic acids is 2. The van der Waals surface area contributed by atoms with Gasteiger partial charge in [-0.15, -0.1) is 12.4 Å². The van der Waals surface area contributed by atoms with E-state index >= 15 is 0 Å². The van der Waals surface area contributed by atoms with Gasteiger partial charge in [0.15, 0.2) is 0 Å². The molecule has 2 fully saturated rings. The first-order valence-electron chi connectivity index (χ1n) is 8.58. The maximum absolute atomic E-state index is 12.4. The van der Waals surface area contributed by atoms with Gasteiger partial charge in [-0.05, 0) is 31.1 Å². The molecule has 2 bridgehead atoms. The predicted octanol–water partition coefficient (Wildman–Crippen LogP) is 1.55. The molecule has 7 nitrogen and oxygen atoms in total. The number of rotatable bonds is 6. The molecule has 2 aliphatic carbocycles. The highest BCUT2D eigenvalue weighted by Gasteiger charge is 2.48. The zero-order chi connectivity index (χ0) is 18.0. The number of fused-ring (bicyclic) bond motifs is 2. The quantitative estimate of drug-likeness (QED) is 0.691. The fourth-order valence-corrected chi connectivity index (χ4v) is 4.09. The van der Waals surface area contributed by atoms with E-state index in [0.717, 1.165) is 19.3 Å². The average molecular weight is 384 g/mol. The summed E-state index contributed by atoms with van der Waals surface area (Å²) in [6.07, 6.45) is 3.22. The standard InChI is InChI=1S/C18H25N3O4.ClH/c1-24-13-6-12(7-14(8-13)25-2)21-15(22)9-20-18(23)16-10-3-4-11(5-10)17(16)19;/h6-8,10-11,16-17H,3-5,9,19H2,1-2H3,(H,20,23)(H,21,22);1H. The van der Waals surface area contributed by atoms with Crippen LogP contribution in [0.4, 0.5) is 5.69 Å². The Hall–Kier alpha value is -1.99. The molecule has 0 spiro atoms. The van der Waals surface area contributed by atoms with Crippen molar-refractivity contribution in [1.29, 1.82) is 0 Å². The molecule has 1 aromatic carbocycles. The first kappa shape index (κ1) is 20.3. The van der Waals surface area contributed by atoms with E-state index in [-0.39, 0.29) is 42.7 Å². The van der Waals surface area contributed by atoms with Crippen LogP contribution >= 0.6 is 12.4 Å². The maximum Gasteiger partial charge on any atom is 0.243 e. The highest BCUT2D eigenvalue weighted by atomic mass is 35.5. The van der Waals surface area contributed by atoms with Crippen molar-refractivity contribution in [3.63, 3.8) is 0 Å². The highest BCUT2D eigenvalue weighted by molar-refractivity contribution is 5.95. The number of amides is 2. The Morgan fingerprint density at radius 2 is 1.73 bits per heavy atom. The monoisotopic (exact) mass is 383 g/mol. The Bertz CT molecular complexity index is 646. The molecule has 26 heavy (non-hydrogen) atoms. The Kier molecular flexibility index (Phi) is 6.72. The van der Waals surface area contributed by atoms with Crippen LogP contribution in [0.3, 0.4) is 0 Å². The summed E-state index contributed by atoms with van der Waals surface area (Å²) in [5, 5.41) is 5.46. The summed E-state index contributed by atoms with van der Waals surface area (Å²) in [7, 11) is 3.08. The normalized spacial score (nSPS) is 26.0. The van der Waals surface area contributed by atoms with Crippen molar-refractivity contribution in [3.8, 4) is 11.5 Å². The first-order valence-corrected chi connectivity index (χ1v) is 8.58.